The number of nitrogens with two attached hydrogens (primary N) is 2. The Morgan fingerprint density at radius 2 is 1.22 bits per heavy atom. The van der Waals surface area contributed by atoms with Crippen LogP contribution in [0.1, 0.15) is 21.0 Å². The van der Waals surface area contributed by atoms with E-state index in [0.717, 1.165) is 0 Å². The maximum Gasteiger partial charge on any atom is 0.267 e. The predicted molar refractivity (Wildman–Crippen MR) is 104 cm³/mol. The van der Waals surface area contributed by atoms with Gasteiger partial charge in [0.1, 0.15) is 11.4 Å². The maximum absolute atomic E-state index is 10.4. The van der Waals surface area contributed by atoms with Gasteiger partial charge in [-0.05, 0) is 41.8 Å². The molecule has 0 atom stereocenters. The van der Waals surface area contributed by atoms with Crippen LogP contribution in [0.15, 0.2) is 85.3 Å². The molecule has 27 heavy (non-hydrogen) atoms. The van der Waals surface area contributed by atoms with Gasteiger partial charge in [-0.2, -0.15) is 0 Å². The average molecular weight is 361 g/mol. The molecule has 5 N–H and O–H groups in total. The lowest BCUT2D eigenvalue weighted by molar-refractivity contribution is 0.0987. The van der Waals surface area contributed by atoms with E-state index in [-0.39, 0.29) is 0 Å². The number of hydrogen-bond donors (Lipinski definition) is 3. The monoisotopic (exact) mass is 361 g/mol. The van der Waals surface area contributed by atoms with Gasteiger partial charge in [0.2, 0.25) is 0 Å². The van der Waals surface area contributed by atoms with Crippen molar-refractivity contribution in [1.82, 2.24) is 15.0 Å². The molecule has 0 fully saturated rings. The minimum atomic E-state index is -0.490. The SMILES string of the molecule is NC(=O)c1ccccn1.NC(=O)c1ccccn1.c1ccc2[nH]ccc2c1. The third kappa shape index (κ3) is 6.43. The normalized spacial score (nSPS) is 9.33. The molecule has 0 spiro atoms. The molecule has 7 nitrogen and oxygen atoms in total. The average Bonchev–Trinajstić information content (AvgIpc) is 3.19. The molecule has 7 heteroatoms. The summed E-state index contributed by atoms with van der Waals surface area (Å²) >= 11 is 0. The lowest BCUT2D eigenvalue weighted by Gasteiger charge is -1.88. The smallest absolute Gasteiger partial charge is 0.267 e. The number of aromatic amines is 1. The Kier molecular flexibility index (Phi) is 7.23. The summed E-state index contributed by atoms with van der Waals surface area (Å²) in [4.78, 5) is 31.2. The molecule has 2 amide bonds. The third-order valence-electron chi connectivity index (χ3n) is 3.30. The summed E-state index contributed by atoms with van der Waals surface area (Å²) in [7, 11) is 0. The quantitative estimate of drug-likeness (QED) is 0.507. The van der Waals surface area contributed by atoms with Gasteiger partial charge in [-0.15, -0.1) is 0 Å². The van der Waals surface area contributed by atoms with Crippen LogP contribution in [0.5, 0.6) is 0 Å². The second-order valence-corrected chi connectivity index (χ2v) is 5.22. The number of amides is 2. The Balaban J connectivity index is 0.000000145. The van der Waals surface area contributed by atoms with Crippen molar-refractivity contribution in [3.05, 3.63) is 96.7 Å². The van der Waals surface area contributed by atoms with E-state index in [4.69, 9.17) is 11.5 Å². The molecule has 0 aliphatic rings. The summed E-state index contributed by atoms with van der Waals surface area (Å²) in [6, 6.07) is 20.3. The number of para-hydroxylation sites is 1. The van der Waals surface area contributed by atoms with Gasteiger partial charge in [0.25, 0.3) is 11.8 Å². The molecule has 4 rings (SSSR count). The number of rotatable bonds is 2. The first kappa shape index (κ1) is 19.3. The van der Waals surface area contributed by atoms with E-state index < -0.39 is 11.8 Å². The van der Waals surface area contributed by atoms with Crippen molar-refractivity contribution in [2.24, 2.45) is 11.5 Å². The molecular formula is C20H19N5O2. The fourth-order valence-corrected chi connectivity index (χ4v) is 2.01. The number of pyridine rings is 2. The highest BCUT2D eigenvalue weighted by atomic mass is 16.1. The van der Waals surface area contributed by atoms with Gasteiger partial charge in [-0.3, -0.25) is 19.6 Å². The zero-order valence-corrected chi connectivity index (χ0v) is 14.4. The van der Waals surface area contributed by atoms with Crippen LogP contribution in [0.4, 0.5) is 0 Å². The molecule has 0 unspecified atom stereocenters. The van der Waals surface area contributed by atoms with Gasteiger partial charge >= 0.3 is 0 Å². The summed E-state index contributed by atoms with van der Waals surface area (Å²) in [5.74, 6) is -0.980. The first-order valence-corrected chi connectivity index (χ1v) is 8.01. The Bertz CT molecular complexity index is 905. The highest BCUT2D eigenvalue weighted by Crippen LogP contribution is 2.09. The highest BCUT2D eigenvalue weighted by molar-refractivity contribution is 5.90. The number of fused-ring (bicyclic) bond motifs is 1. The molecule has 136 valence electrons. The van der Waals surface area contributed by atoms with Crippen molar-refractivity contribution in [2.45, 2.75) is 0 Å². The van der Waals surface area contributed by atoms with Crippen LogP contribution >= 0.6 is 0 Å². The molecule has 0 bridgehead atoms. The zero-order chi connectivity index (χ0) is 19.5. The van der Waals surface area contributed by atoms with Gasteiger partial charge < -0.3 is 16.5 Å². The number of carbonyl (C=O) groups excluding carboxylic acids is 2. The lowest BCUT2D eigenvalue weighted by atomic mass is 10.3. The maximum atomic E-state index is 10.4. The van der Waals surface area contributed by atoms with Crippen LogP contribution in [-0.4, -0.2) is 26.8 Å². The number of H-pyrrole nitrogens is 1. The number of aromatic nitrogens is 3. The minimum Gasteiger partial charge on any atom is -0.364 e. The van der Waals surface area contributed by atoms with E-state index >= 15 is 0 Å². The van der Waals surface area contributed by atoms with Crippen molar-refractivity contribution >= 4 is 22.7 Å². The van der Waals surface area contributed by atoms with Crippen LogP contribution in [0.25, 0.3) is 10.9 Å². The first-order chi connectivity index (χ1) is 13.1. The fourth-order valence-electron chi connectivity index (χ4n) is 2.01. The van der Waals surface area contributed by atoms with E-state index in [1.165, 1.54) is 23.3 Å². The summed E-state index contributed by atoms with van der Waals surface area (Å²) in [5, 5.41) is 1.28. The van der Waals surface area contributed by atoms with Gasteiger partial charge in [-0.1, -0.05) is 30.3 Å². The Hall–Kier alpha value is -4.00. The second kappa shape index (κ2) is 10.1. The molecule has 0 radical (unpaired) electrons. The lowest BCUT2D eigenvalue weighted by Crippen LogP contribution is -2.12. The van der Waals surface area contributed by atoms with Crippen molar-refractivity contribution < 1.29 is 9.59 Å². The highest BCUT2D eigenvalue weighted by Gasteiger charge is 1.96. The fraction of sp³-hybridized carbons (Fsp3) is 0. The number of nitrogens with zero attached hydrogens (tertiary/aromatic N) is 2. The van der Waals surface area contributed by atoms with E-state index in [1.807, 2.05) is 18.3 Å². The van der Waals surface area contributed by atoms with Crippen molar-refractivity contribution in [3.63, 3.8) is 0 Å². The molecule has 4 aromatic rings. The summed E-state index contributed by atoms with van der Waals surface area (Å²) < 4.78 is 0. The van der Waals surface area contributed by atoms with Crippen LogP contribution in [-0.2, 0) is 0 Å². The number of carbonyl (C=O) groups is 2. The Morgan fingerprint density at radius 1 is 0.704 bits per heavy atom. The van der Waals surface area contributed by atoms with Crippen molar-refractivity contribution in [2.75, 3.05) is 0 Å². The molecule has 0 aliphatic heterocycles. The topological polar surface area (TPSA) is 128 Å². The zero-order valence-electron chi connectivity index (χ0n) is 14.4. The molecule has 3 heterocycles. The molecule has 0 saturated carbocycles. The number of nitrogens with one attached hydrogen (secondary N) is 1. The minimum absolute atomic E-state index is 0.303. The van der Waals surface area contributed by atoms with E-state index in [0.29, 0.717) is 11.4 Å². The standard InChI is InChI=1S/C8H7N.2C6H6N2O/c1-2-4-8-7(3-1)5-6-9-8;2*7-6(9)5-3-1-2-4-8-5/h1-6,9H;2*1-4H,(H2,7,9). The summed E-state index contributed by atoms with van der Waals surface area (Å²) in [6.45, 7) is 0. The van der Waals surface area contributed by atoms with Gasteiger partial charge in [0.05, 0.1) is 0 Å². The largest absolute Gasteiger partial charge is 0.364 e. The first-order valence-electron chi connectivity index (χ1n) is 8.01. The molecular weight excluding hydrogens is 342 g/mol. The second-order valence-electron chi connectivity index (χ2n) is 5.22. The van der Waals surface area contributed by atoms with Crippen LogP contribution in [0.3, 0.4) is 0 Å². The molecule has 3 aromatic heterocycles. The van der Waals surface area contributed by atoms with Crippen LogP contribution in [0, 0.1) is 0 Å². The van der Waals surface area contributed by atoms with Crippen molar-refractivity contribution in [1.29, 1.82) is 0 Å². The number of primary amides is 2. The number of benzene rings is 1. The van der Waals surface area contributed by atoms with E-state index in [2.05, 4.69) is 33.2 Å². The Labute approximate surface area is 156 Å². The van der Waals surface area contributed by atoms with Gasteiger partial charge in [0, 0.05) is 24.1 Å². The Morgan fingerprint density at radius 3 is 1.63 bits per heavy atom. The predicted octanol–water partition coefficient (Wildman–Crippen LogP) is 2.53. The van der Waals surface area contributed by atoms with Crippen LogP contribution < -0.4 is 11.5 Å². The van der Waals surface area contributed by atoms with E-state index in [9.17, 15) is 9.59 Å². The van der Waals surface area contributed by atoms with Gasteiger partial charge in [0.15, 0.2) is 0 Å². The molecule has 0 aliphatic carbocycles. The third-order valence-corrected chi connectivity index (χ3v) is 3.30. The molecule has 1 aromatic carbocycles. The van der Waals surface area contributed by atoms with E-state index in [1.54, 1.807) is 36.4 Å². The summed E-state index contributed by atoms with van der Waals surface area (Å²) in [5.41, 5.74) is 11.6. The summed E-state index contributed by atoms with van der Waals surface area (Å²) in [6.07, 6.45) is 5.00. The molecule has 0 saturated heterocycles. The van der Waals surface area contributed by atoms with Crippen molar-refractivity contribution in [3.8, 4) is 0 Å². The van der Waals surface area contributed by atoms with Gasteiger partial charge in [-0.25, -0.2) is 0 Å². The number of hydrogen-bond acceptors (Lipinski definition) is 4. The van der Waals surface area contributed by atoms with Crippen LogP contribution in [0.2, 0.25) is 0 Å².